The van der Waals surface area contributed by atoms with E-state index in [2.05, 4.69) is 20.9 Å². The Bertz CT molecular complexity index is 686. The van der Waals surface area contributed by atoms with Crippen molar-refractivity contribution in [2.24, 2.45) is 4.99 Å². The molecular weight excluding hydrogens is 310 g/mol. The number of hydrogen-bond acceptors (Lipinski definition) is 4. The molecule has 0 fully saturated rings. The molecule has 0 bridgehead atoms. The summed E-state index contributed by atoms with van der Waals surface area (Å²) >= 11 is 3.19. The summed E-state index contributed by atoms with van der Waals surface area (Å²) in [7, 11) is 0. The summed E-state index contributed by atoms with van der Waals surface area (Å²) in [5.74, 6) is 0.112. The molecule has 0 aliphatic carbocycles. The van der Waals surface area contributed by atoms with E-state index in [1.165, 1.54) is 0 Å². The van der Waals surface area contributed by atoms with E-state index in [1.807, 2.05) is 30.3 Å². The molecule has 94 valence electrons. The number of carbonyl (C=O) groups excluding carboxylic acids is 1. The molecule has 0 N–H and O–H groups in total. The van der Waals surface area contributed by atoms with Crippen molar-refractivity contribution in [3.8, 4) is 0 Å². The molecule has 1 aliphatic heterocycles. The van der Waals surface area contributed by atoms with Crippen LogP contribution in [0.1, 0.15) is 11.3 Å². The molecule has 2 heterocycles. The molecule has 0 saturated carbocycles. The summed E-state index contributed by atoms with van der Waals surface area (Å²) in [5, 5.41) is 0. The Morgan fingerprint density at radius 3 is 2.58 bits per heavy atom. The van der Waals surface area contributed by atoms with Crippen LogP contribution in [0.25, 0.3) is 6.08 Å². The van der Waals surface area contributed by atoms with E-state index >= 15 is 0 Å². The smallest absolute Gasteiger partial charge is 0.363 e. The zero-order chi connectivity index (χ0) is 13.2. The molecule has 0 spiro atoms. The summed E-state index contributed by atoms with van der Waals surface area (Å²) in [6.07, 6.45) is 1.67. The lowest BCUT2D eigenvalue weighted by Gasteiger charge is -1.93. The number of hydrogen-bond donors (Lipinski definition) is 0. The van der Waals surface area contributed by atoms with E-state index in [9.17, 15) is 4.79 Å². The Kier molecular flexibility index (Phi) is 3.05. The highest BCUT2D eigenvalue weighted by Gasteiger charge is 2.26. The van der Waals surface area contributed by atoms with Gasteiger partial charge in [0.1, 0.15) is 0 Å². The molecule has 1 aliphatic rings. The highest BCUT2D eigenvalue weighted by molar-refractivity contribution is 9.10. The first-order valence-electron chi connectivity index (χ1n) is 5.56. The predicted molar refractivity (Wildman–Crippen MR) is 73.5 cm³/mol. The van der Waals surface area contributed by atoms with Crippen LogP contribution in [0.4, 0.5) is 0 Å². The van der Waals surface area contributed by atoms with Crippen LogP contribution in [0.5, 0.6) is 0 Å². The van der Waals surface area contributed by atoms with Crippen molar-refractivity contribution in [3.05, 3.63) is 64.2 Å². The molecule has 1 aromatic heterocycles. The van der Waals surface area contributed by atoms with Gasteiger partial charge < -0.3 is 9.15 Å². The summed E-state index contributed by atoms with van der Waals surface area (Å²) in [6, 6.07) is 12.9. The first-order valence-corrected chi connectivity index (χ1v) is 6.35. The number of nitrogens with zero attached hydrogens (tertiary/aromatic N) is 1. The Morgan fingerprint density at radius 2 is 1.89 bits per heavy atom. The zero-order valence-electron chi connectivity index (χ0n) is 9.67. The van der Waals surface area contributed by atoms with Crippen LogP contribution in [0.2, 0.25) is 0 Å². The standard InChI is InChI=1S/C14H8BrNO3/c15-12-7-6-11(18-12)13-16-10(14(17)19-13)8-9-4-2-1-3-5-9/h1-8H/b10-8-. The van der Waals surface area contributed by atoms with E-state index < -0.39 is 5.97 Å². The summed E-state index contributed by atoms with van der Waals surface area (Å²) in [5.41, 5.74) is 1.15. The number of furan rings is 1. The fourth-order valence-electron chi connectivity index (χ4n) is 1.65. The molecule has 0 unspecified atom stereocenters. The maximum atomic E-state index is 11.7. The van der Waals surface area contributed by atoms with Gasteiger partial charge in [0, 0.05) is 0 Å². The third kappa shape index (κ3) is 2.51. The van der Waals surface area contributed by atoms with Crippen LogP contribution < -0.4 is 0 Å². The number of cyclic esters (lactones) is 1. The maximum Gasteiger partial charge on any atom is 0.363 e. The Hall–Kier alpha value is -2.14. The Labute approximate surface area is 117 Å². The van der Waals surface area contributed by atoms with E-state index in [-0.39, 0.29) is 11.6 Å². The van der Waals surface area contributed by atoms with Crippen molar-refractivity contribution < 1.29 is 13.9 Å². The van der Waals surface area contributed by atoms with E-state index in [1.54, 1.807) is 18.2 Å². The van der Waals surface area contributed by atoms with Gasteiger partial charge in [0.15, 0.2) is 16.1 Å². The third-order valence-corrected chi connectivity index (χ3v) is 2.93. The van der Waals surface area contributed by atoms with E-state index in [0.29, 0.717) is 10.4 Å². The average molecular weight is 318 g/mol. The van der Waals surface area contributed by atoms with Gasteiger partial charge in [-0.3, -0.25) is 0 Å². The average Bonchev–Trinajstić information content (AvgIpc) is 2.98. The monoisotopic (exact) mass is 317 g/mol. The lowest BCUT2D eigenvalue weighted by Crippen LogP contribution is -2.04. The Morgan fingerprint density at radius 1 is 1.11 bits per heavy atom. The molecule has 2 aromatic rings. The first kappa shape index (κ1) is 11.9. The molecule has 5 heteroatoms. The third-order valence-electron chi connectivity index (χ3n) is 2.51. The molecule has 0 saturated heterocycles. The minimum atomic E-state index is -0.480. The number of aliphatic imine (C=N–C) groups is 1. The van der Waals surface area contributed by atoms with Gasteiger partial charge in [0.05, 0.1) is 0 Å². The molecular formula is C14H8BrNO3. The summed E-state index contributed by atoms with van der Waals surface area (Å²) in [6.45, 7) is 0. The van der Waals surface area contributed by atoms with E-state index in [4.69, 9.17) is 9.15 Å². The van der Waals surface area contributed by atoms with Crippen LogP contribution >= 0.6 is 15.9 Å². The maximum absolute atomic E-state index is 11.7. The van der Waals surface area contributed by atoms with Crippen molar-refractivity contribution in [1.29, 1.82) is 0 Å². The van der Waals surface area contributed by atoms with Gasteiger partial charge in [-0.25, -0.2) is 9.79 Å². The zero-order valence-corrected chi connectivity index (χ0v) is 11.3. The molecule has 0 atom stereocenters. The lowest BCUT2D eigenvalue weighted by molar-refractivity contribution is -0.130. The number of carbonyl (C=O) groups is 1. The fourth-order valence-corrected chi connectivity index (χ4v) is 1.96. The number of benzene rings is 1. The summed E-state index contributed by atoms with van der Waals surface area (Å²) in [4.78, 5) is 15.9. The van der Waals surface area contributed by atoms with Crippen LogP contribution in [0.15, 0.2) is 62.2 Å². The number of rotatable bonds is 2. The van der Waals surface area contributed by atoms with Gasteiger partial charge in [0.2, 0.25) is 0 Å². The number of ether oxygens (including phenoxy) is 1. The van der Waals surface area contributed by atoms with Crippen molar-refractivity contribution in [1.82, 2.24) is 0 Å². The van der Waals surface area contributed by atoms with Crippen LogP contribution in [-0.2, 0) is 9.53 Å². The topological polar surface area (TPSA) is 51.8 Å². The number of halogens is 1. The molecule has 1 aromatic carbocycles. The van der Waals surface area contributed by atoms with Crippen LogP contribution in [-0.4, -0.2) is 11.9 Å². The second-order valence-electron chi connectivity index (χ2n) is 3.85. The normalized spacial score (nSPS) is 16.6. The highest BCUT2D eigenvalue weighted by Crippen LogP contribution is 2.22. The van der Waals surface area contributed by atoms with Gasteiger partial charge in [0.25, 0.3) is 5.90 Å². The lowest BCUT2D eigenvalue weighted by atomic mass is 10.2. The summed E-state index contributed by atoms with van der Waals surface area (Å²) < 4.78 is 10.9. The highest BCUT2D eigenvalue weighted by atomic mass is 79.9. The number of esters is 1. The van der Waals surface area contributed by atoms with E-state index in [0.717, 1.165) is 5.56 Å². The van der Waals surface area contributed by atoms with Gasteiger partial charge >= 0.3 is 5.97 Å². The van der Waals surface area contributed by atoms with Crippen molar-refractivity contribution in [3.63, 3.8) is 0 Å². The van der Waals surface area contributed by atoms with Crippen molar-refractivity contribution in [2.45, 2.75) is 0 Å². The minimum absolute atomic E-state index is 0.179. The van der Waals surface area contributed by atoms with Crippen LogP contribution in [0.3, 0.4) is 0 Å². The minimum Gasteiger partial charge on any atom is -0.444 e. The quantitative estimate of drug-likeness (QED) is 0.630. The first-order chi connectivity index (χ1) is 9.22. The van der Waals surface area contributed by atoms with Crippen molar-refractivity contribution in [2.75, 3.05) is 0 Å². The van der Waals surface area contributed by atoms with Gasteiger partial charge in [-0.2, -0.15) is 0 Å². The fraction of sp³-hybridized carbons (Fsp3) is 0. The molecule has 0 radical (unpaired) electrons. The predicted octanol–water partition coefficient (Wildman–Crippen LogP) is 3.39. The second kappa shape index (κ2) is 4.85. The largest absolute Gasteiger partial charge is 0.444 e. The molecule has 19 heavy (non-hydrogen) atoms. The Balaban J connectivity index is 1.94. The second-order valence-corrected chi connectivity index (χ2v) is 4.63. The van der Waals surface area contributed by atoms with Gasteiger partial charge in [-0.05, 0) is 39.7 Å². The SMILES string of the molecule is O=C1OC(c2ccc(Br)o2)=N/C1=C\c1ccccc1. The van der Waals surface area contributed by atoms with Gasteiger partial charge in [-0.1, -0.05) is 30.3 Å². The molecule has 3 rings (SSSR count). The van der Waals surface area contributed by atoms with Crippen molar-refractivity contribution >= 4 is 33.9 Å². The van der Waals surface area contributed by atoms with Crippen LogP contribution in [0, 0.1) is 0 Å². The van der Waals surface area contributed by atoms with Gasteiger partial charge in [-0.15, -0.1) is 0 Å². The molecule has 0 amide bonds. The molecule has 4 nitrogen and oxygen atoms in total.